The average molecular weight is 644 g/mol. The summed E-state index contributed by atoms with van der Waals surface area (Å²) in [7, 11) is 0. The Hall–Kier alpha value is -2.20. The smallest absolute Gasteiger partial charge is 0.168 e. The van der Waals surface area contributed by atoms with Crippen molar-refractivity contribution in [2.24, 2.45) is 10.7 Å². The van der Waals surface area contributed by atoms with Gasteiger partial charge in [-0.1, -0.05) is 39.0 Å². The number of hydrogen-bond acceptors (Lipinski definition) is 9. The summed E-state index contributed by atoms with van der Waals surface area (Å²) in [6.45, 7) is 14.1. The molecule has 0 saturated carbocycles. The first-order valence-electron chi connectivity index (χ1n) is 15.1. The van der Waals surface area contributed by atoms with Gasteiger partial charge in [0.05, 0.1) is 5.69 Å². The number of aldehydes is 1. The van der Waals surface area contributed by atoms with Crippen molar-refractivity contribution in [2.75, 3.05) is 47.6 Å². The van der Waals surface area contributed by atoms with E-state index in [-0.39, 0.29) is 0 Å². The summed E-state index contributed by atoms with van der Waals surface area (Å²) in [5.41, 5.74) is 10.9. The molecule has 0 unspecified atom stereocenters. The van der Waals surface area contributed by atoms with Crippen LogP contribution in [0.5, 0.6) is 0 Å². The highest BCUT2D eigenvalue weighted by atomic mass is 32.2. The maximum Gasteiger partial charge on any atom is 0.168 e. The number of rotatable bonds is 15. The Labute approximate surface area is 274 Å². The van der Waals surface area contributed by atoms with Crippen LogP contribution in [-0.2, 0) is 6.42 Å². The van der Waals surface area contributed by atoms with Crippen LogP contribution in [0, 0.1) is 20.8 Å². The molecule has 3 heterocycles. The summed E-state index contributed by atoms with van der Waals surface area (Å²) < 4.78 is 0. The van der Waals surface area contributed by atoms with Crippen LogP contribution < -0.4 is 5.73 Å². The highest BCUT2D eigenvalue weighted by Gasteiger charge is 1.95. The number of hydrogen-bond donors (Lipinski definition) is 1. The molecule has 3 aromatic rings. The number of nitrogens with two attached hydrogens (primary N) is 1. The van der Waals surface area contributed by atoms with Gasteiger partial charge in [0, 0.05) is 53.6 Å². The van der Waals surface area contributed by atoms with Gasteiger partial charge in [-0.2, -0.15) is 35.3 Å². The largest absolute Gasteiger partial charge is 0.330 e. The molecule has 6 nitrogen and oxygen atoms in total. The van der Waals surface area contributed by atoms with E-state index in [1.54, 1.807) is 6.07 Å². The van der Waals surface area contributed by atoms with Crippen LogP contribution >= 0.6 is 35.3 Å². The standard InChI is InChI=1S/C12H19NS.C11H16N2S.C7H7NO.C4H11NS/c1-3-14-10-5-4-8-12-9-6-7-11(2)13-12;1-3-14-8-7-12-9-11-6-4-5-10(2)13-11;1-6-3-2-4-7(5-9)8-6;1-2-6-4-3-5/h6-7,9H,3-5,8,10H2,1-2H3;4-6,9H,3,7-8H2,1-2H3;2-5H,1H3;2-5H2,1H3. The first kappa shape index (κ1) is 40.8. The van der Waals surface area contributed by atoms with Gasteiger partial charge < -0.3 is 5.73 Å². The molecule has 0 amide bonds. The van der Waals surface area contributed by atoms with E-state index >= 15 is 0 Å². The van der Waals surface area contributed by atoms with Crippen LogP contribution in [0.4, 0.5) is 0 Å². The summed E-state index contributed by atoms with van der Waals surface area (Å²) in [6.07, 6.45) is 6.31. The molecule has 0 saturated heterocycles. The molecule has 0 atom stereocenters. The zero-order chi connectivity index (χ0) is 32.0. The molecule has 0 bridgehead atoms. The average Bonchev–Trinajstić information content (AvgIpc) is 3.01. The third-order valence-electron chi connectivity index (χ3n) is 5.32. The fourth-order valence-electron chi connectivity index (χ4n) is 3.31. The second-order valence-electron chi connectivity index (χ2n) is 9.17. The second kappa shape index (κ2) is 29.9. The summed E-state index contributed by atoms with van der Waals surface area (Å²) in [5, 5.41) is 0. The van der Waals surface area contributed by atoms with Gasteiger partial charge in [0.2, 0.25) is 0 Å². The highest BCUT2D eigenvalue weighted by molar-refractivity contribution is 7.99. The van der Waals surface area contributed by atoms with Gasteiger partial charge in [-0.25, -0.2) is 0 Å². The number of carbonyl (C=O) groups is 1. The summed E-state index contributed by atoms with van der Waals surface area (Å²) >= 11 is 5.82. The summed E-state index contributed by atoms with van der Waals surface area (Å²) in [5.74, 6) is 7.09. The third kappa shape index (κ3) is 26.0. The van der Waals surface area contributed by atoms with Crippen LogP contribution in [0.15, 0.2) is 59.6 Å². The Balaban J connectivity index is 0.000000573. The molecule has 0 radical (unpaired) electrons. The molecule has 0 spiro atoms. The predicted molar refractivity (Wildman–Crippen MR) is 196 cm³/mol. The van der Waals surface area contributed by atoms with Crippen LogP contribution in [0.2, 0.25) is 0 Å². The molecule has 238 valence electrons. The van der Waals surface area contributed by atoms with Crippen molar-refractivity contribution in [1.82, 2.24) is 15.0 Å². The lowest BCUT2D eigenvalue weighted by Gasteiger charge is -2.01. The van der Waals surface area contributed by atoms with Crippen molar-refractivity contribution in [3.8, 4) is 0 Å². The van der Waals surface area contributed by atoms with Crippen LogP contribution in [0.1, 0.15) is 72.6 Å². The van der Waals surface area contributed by atoms with Crippen molar-refractivity contribution in [1.29, 1.82) is 0 Å². The lowest BCUT2D eigenvalue weighted by atomic mass is 10.2. The van der Waals surface area contributed by atoms with Crippen molar-refractivity contribution in [3.05, 3.63) is 88.8 Å². The Morgan fingerprint density at radius 2 is 1.23 bits per heavy atom. The highest BCUT2D eigenvalue weighted by Crippen LogP contribution is 2.07. The Bertz CT molecular complexity index is 1110. The summed E-state index contributed by atoms with van der Waals surface area (Å²) in [6, 6.07) is 17.6. The van der Waals surface area contributed by atoms with Crippen LogP contribution in [0.3, 0.4) is 0 Å². The van der Waals surface area contributed by atoms with Gasteiger partial charge in [-0.15, -0.1) is 0 Å². The van der Waals surface area contributed by atoms with E-state index < -0.39 is 0 Å². The molecular formula is C34H53N5OS3. The number of aryl methyl sites for hydroxylation is 4. The van der Waals surface area contributed by atoms with Crippen molar-refractivity contribution >= 4 is 47.8 Å². The monoisotopic (exact) mass is 643 g/mol. The zero-order valence-electron chi connectivity index (χ0n) is 27.1. The number of aliphatic imine (C=N–C) groups is 1. The normalized spacial score (nSPS) is 10.1. The van der Waals surface area contributed by atoms with E-state index in [2.05, 4.69) is 65.8 Å². The lowest BCUT2D eigenvalue weighted by molar-refractivity contribution is 0.111. The minimum absolute atomic E-state index is 0.495. The number of aromatic nitrogens is 3. The van der Waals surface area contributed by atoms with Gasteiger partial charge in [-0.05, 0) is 99.4 Å². The first-order chi connectivity index (χ1) is 20.9. The molecule has 3 aromatic heterocycles. The van der Waals surface area contributed by atoms with Gasteiger partial charge in [0.15, 0.2) is 6.29 Å². The minimum atomic E-state index is 0.495. The van der Waals surface area contributed by atoms with Crippen molar-refractivity contribution in [2.45, 2.75) is 60.8 Å². The fourth-order valence-corrected chi connectivity index (χ4v) is 4.98. The lowest BCUT2D eigenvalue weighted by Crippen LogP contribution is -2.00. The number of nitrogens with zero attached hydrogens (tertiary/aromatic N) is 4. The molecule has 2 N–H and O–H groups in total. The maximum atomic E-state index is 10.1. The molecule has 0 fully saturated rings. The van der Waals surface area contributed by atoms with Gasteiger partial charge in [0.1, 0.15) is 5.69 Å². The zero-order valence-corrected chi connectivity index (χ0v) is 29.6. The van der Waals surface area contributed by atoms with E-state index in [1.165, 1.54) is 35.8 Å². The molecule has 0 aliphatic rings. The number of pyridine rings is 3. The number of carbonyl (C=O) groups excluding carboxylic acids is 1. The van der Waals surface area contributed by atoms with E-state index in [4.69, 9.17) is 5.73 Å². The Kier molecular flexibility index (Phi) is 28.3. The summed E-state index contributed by atoms with van der Waals surface area (Å²) in [4.78, 5) is 27.2. The molecule has 43 heavy (non-hydrogen) atoms. The van der Waals surface area contributed by atoms with Crippen LogP contribution in [-0.4, -0.2) is 75.1 Å². The van der Waals surface area contributed by atoms with E-state index in [1.807, 2.05) is 85.7 Å². The number of unbranched alkanes of at least 4 members (excludes halogenated alkanes) is 1. The first-order valence-corrected chi connectivity index (χ1v) is 18.5. The van der Waals surface area contributed by atoms with E-state index in [0.29, 0.717) is 5.69 Å². The Morgan fingerprint density at radius 3 is 1.74 bits per heavy atom. The van der Waals surface area contributed by atoms with Crippen molar-refractivity contribution in [3.63, 3.8) is 0 Å². The van der Waals surface area contributed by atoms with Gasteiger partial charge in [-0.3, -0.25) is 24.7 Å². The molecule has 0 aliphatic carbocycles. The SMILES string of the molecule is CCSCCCCc1cccc(C)n1.CCSCCN.CCSCCN=Cc1cccc(C)n1.Cc1cccc(C=O)n1. The molecule has 0 aromatic carbocycles. The predicted octanol–water partition coefficient (Wildman–Crippen LogP) is 7.93. The minimum Gasteiger partial charge on any atom is -0.330 e. The van der Waals surface area contributed by atoms with E-state index in [9.17, 15) is 4.79 Å². The second-order valence-corrected chi connectivity index (χ2v) is 13.3. The molecule has 9 heteroatoms. The topological polar surface area (TPSA) is 94.1 Å². The molecule has 0 aliphatic heterocycles. The maximum absolute atomic E-state index is 10.1. The third-order valence-corrected chi connectivity index (χ3v) is 8.12. The van der Waals surface area contributed by atoms with Gasteiger partial charge in [0.25, 0.3) is 0 Å². The Morgan fingerprint density at radius 1 is 0.698 bits per heavy atom. The number of thioether (sulfide) groups is 3. The fraction of sp³-hybridized carbons (Fsp3) is 0.500. The van der Waals surface area contributed by atoms with Gasteiger partial charge >= 0.3 is 0 Å². The van der Waals surface area contributed by atoms with Crippen LogP contribution in [0.25, 0.3) is 0 Å². The van der Waals surface area contributed by atoms with Crippen molar-refractivity contribution < 1.29 is 4.79 Å². The van der Waals surface area contributed by atoms with E-state index in [0.717, 1.165) is 65.8 Å². The quantitative estimate of drug-likeness (QED) is 0.101. The molecular weight excluding hydrogens is 591 g/mol. The molecule has 3 rings (SSSR count).